The molecule has 0 unspecified atom stereocenters. The van der Waals surface area contributed by atoms with Crippen molar-refractivity contribution < 1.29 is 14.4 Å². The maximum atomic E-state index is 12.4. The summed E-state index contributed by atoms with van der Waals surface area (Å²) in [6.45, 7) is 0.405. The molecule has 0 radical (unpaired) electrons. The monoisotopic (exact) mass is 443 g/mol. The second-order valence-corrected chi connectivity index (χ2v) is 9.36. The Morgan fingerprint density at radius 3 is 2.83 bits per heavy atom. The third-order valence-corrected chi connectivity index (χ3v) is 7.07. The molecule has 4 rings (SSSR count). The summed E-state index contributed by atoms with van der Waals surface area (Å²) in [5.74, 6) is -0.428. The summed E-state index contributed by atoms with van der Waals surface area (Å²) in [5, 5.41) is 5.31. The van der Waals surface area contributed by atoms with E-state index in [1.165, 1.54) is 16.2 Å². The zero-order chi connectivity index (χ0) is 20.2. The number of benzene rings is 1. The van der Waals surface area contributed by atoms with Gasteiger partial charge in [0.1, 0.15) is 0 Å². The number of rotatable bonds is 7. The van der Waals surface area contributed by atoms with Gasteiger partial charge in [0.15, 0.2) is 0 Å². The molecule has 3 heterocycles. The van der Waals surface area contributed by atoms with Crippen LogP contribution in [0.2, 0.25) is 0 Å². The number of thiazole rings is 1. The summed E-state index contributed by atoms with van der Waals surface area (Å²) in [4.78, 5) is 43.7. The Kier molecular flexibility index (Phi) is 6.08. The van der Waals surface area contributed by atoms with Gasteiger partial charge in [-0.2, -0.15) is 0 Å². The van der Waals surface area contributed by atoms with Crippen molar-refractivity contribution in [3.8, 4) is 0 Å². The molecule has 9 heteroatoms. The number of nitrogens with one attached hydrogen (secondary N) is 1. The molecule has 0 atom stereocenters. The fraction of sp³-hybridized carbons (Fsp3) is 0.200. The minimum absolute atomic E-state index is 0.120. The lowest BCUT2D eigenvalue weighted by molar-refractivity contribution is -0.124. The van der Waals surface area contributed by atoms with Crippen LogP contribution in [0.5, 0.6) is 0 Å². The van der Waals surface area contributed by atoms with E-state index in [0.717, 1.165) is 31.9 Å². The van der Waals surface area contributed by atoms with E-state index in [0.29, 0.717) is 17.7 Å². The summed E-state index contributed by atoms with van der Waals surface area (Å²) in [6.07, 6.45) is 2.61. The van der Waals surface area contributed by atoms with Gasteiger partial charge >= 0.3 is 0 Å². The van der Waals surface area contributed by atoms with Crippen LogP contribution in [0.15, 0.2) is 46.7 Å². The smallest absolute Gasteiger partial charge is 0.293 e. The van der Waals surface area contributed by atoms with E-state index in [1.807, 2.05) is 41.8 Å². The molecule has 1 aromatic carbocycles. The van der Waals surface area contributed by atoms with Crippen molar-refractivity contribution in [3.05, 3.63) is 56.6 Å². The van der Waals surface area contributed by atoms with Gasteiger partial charge < -0.3 is 5.32 Å². The molecule has 6 nitrogen and oxygen atoms in total. The standard InChI is InChI=1S/C20H17N3O3S3/c24-17(7-8-18-22-14-5-1-2-6-15(14)28-18)21-9-10-23-19(25)16(29-20(23)26)12-13-4-3-11-27-13/h1-6,11-12H,7-10H2,(H,21,24). The number of aryl methyl sites for hydroxylation is 1. The number of hydrogen-bond acceptors (Lipinski definition) is 7. The summed E-state index contributed by atoms with van der Waals surface area (Å²) < 4.78 is 1.11. The number of aromatic nitrogens is 1. The first kappa shape index (κ1) is 19.8. The number of thioether (sulfide) groups is 1. The SMILES string of the molecule is O=C(CCc1nc2ccccc2s1)NCCN1C(=O)SC(=Cc2cccs2)C1=O. The highest BCUT2D eigenvalue weighted by Crippen LogP contribution is 2.32. The molecular weight excluding hydrogens is 426 g/mol. The number of nitrogens with zero attached hydrogens (tertiary/aromatic N) is 2. The molecule has 0 aliphatic carbocycles. The zero-order valence-corrected chi connectivity index (χ0v) is 17.7. The normalized spacial score (nSPS) is 15.6. The Morgan fingerprint density at radius 2 is 2.03 bits per heavy atom. The van der Waals surface area contributed by atoms with E-state index < -0.39 is 0 Å². The molecule has 0 saturated carbocycles. The fourth-order valence-corrected chi connectivity index (χ4v) is 5.39. The van der Waals surface area contributed by atoms with Crippen molar-refractivity contribution >= 4 is 67.8 Å². The van der Waals surface area contributed by atoms with Crippen LogP contribution in [-0.2, 0) is 16.0 Å². The highest BCUT2D eigenvalue weighted by atomic mass is 32.2. The van der Waals surface area contributed by atoms with Crippen molar-refractivity contribution in [1.29, 1.82) is 0 Å². The van der Waals surface area contributed by atoms with E-state index in [2.05, 4.69) is 10.3 Å². The lowest BCUT2D eigenvalue weighted by atomic mass is 10.3. The topological polar surface area (TPSA) is 79.4 Å². The van der Waals surface area contributed by atoms with Gasteiger partial charge in [0.05, 0.1) is 20.1 Å². The molecule has 3 amide bonds. The maximum Gasteiger partial charge on any atom is 0.293 e. The predicted molar refractivity (Wildman–Crippen MR) is 118 cm³/mol. The number of imide groups is 1. The largest absolute Gasteiger partial charge is 0.354 e. The lowest BCUT2D eigenvalue weighted by Crippen LogP contribution is -2.37. The summed E-state index contributed by atoms with van der Waals surface area (Å²) in [6, 6.07) is 11.7. The Hall–Kier alpha value is -2.49. The molecule has 1 N–H and O–H groups in total. The highest BCUT2D eigenvalue weighted by molar-refractivity contribution is 8.18. The first-order valence-electron chi connectivity index (χ1n) is 9.00. The Balaban J connectivity index is 1.24. The first-order valence-corrected chi connectivity index (χ1v) is 11.5. The summed E-state index contributed by atoms with van der Waals surface area (Å²) in [7, 11) is 0. The Labute approximate surface area is 179 Å². The van der Waals surface area contributed by atoms with Crippen molar-refractivity contribution in [2.75, 3.05) is 13.1 Å². The number of thiophene rings is 1. The average Bonchev–Trinajstić information content (AvgIpc) is 3.42. The first-order chi connectivity index (χ1) is 14.1. The number of fused-ring (bicyclic) bond motifs is 1. The lowest BCUT2D eigenvalue weighted by Gasteiger charge is -2.12. The molecule has 1 fully saturated rings. The van der Waals surface area contributed by atoms with E-state index in [-0.39, 0.29) is 30.1 Å². The second-order valence-electron chi connectivity index (χ2n) is 6.27. The van der Waals surface area contributed by atoms with Crippen molar-refractivity contribution in [1.82, 2.24) is 15.2 Å². The van der Waals surface area contributed by atoms with E-state index >= 15 is 0 Å². The van der Waals surface area contributed by atoms with Gasteiger partial charge in [0.25, 0.3) is 11.1 Å². The van der Waals surface area contributed by atoms with Crippen LogP contribution in [0.3, 0.4) is 0 Å². The van der Waals surface area contributed by atoms with Crippen LogP contribution >= 0.6 is 34.4 Å². The molecule has 148 valence electrons. The van der Waals surface area contributed by atoms with Crippen molar-refractivity contribution in [2.45, 2.75) is 12.8 Å². The van der Waals surface area contributed by atoms with Gasteiger partial charge in [-0.25, -0.2) is 4.98 Å². The minimum atomic E-state index is -0.308. The zero-order valence-electron chi connectivity index (χ0n) is 15.3. The molecule has 0 spiro atoms. The molecule has 1 saturated heterocycles. The molecular formula is C20H17N3O3S3. The predicted octanol–water partition coefficient (Wildman–Crippen LogP) is 4.14. The molecule has 29 heavy (non-hydrogen) atoms. The van der Waals surface area contributed by atoms with Crippen molar-refractivity contribution in [3.63, 3.8) is 0 Å². The molecule has 0 bridgehead atoms. The number of hydrogen-bond donors (Lipinski definition) is 1. The maximum absolute atomic E-state index is 12.4. The van der Waals surface area contributed by atoms with Gasteiger partial charge in [0.2, 0.25) is 5.91 Å². The van der Waals surface area contributed by atoms with Crippen LogP contribution in [0.25, 0.3) is 16.3 Å². The van der Waals surface area contributed by atoms with Gasteiger partial charge in [-0.3, -0.25) is 19.3 Å². The number of carbonyl (C=O) groups is 3. The number of para-hydroxylation sites is 1. The van der Waals surface area contributed by atoms with E-state index in [1.54, 1.807) is 17.4 Å². The summed E-state index contributed by atoms with van der Waals surface area (Å²) in [5.41, 5.74) is 0.947. The summed E-state index contributed by atoms with van der Waals surface area (Å²) >= 11 is 4.03. The Morgan fingerprint density at radius 1 is 1.17 bits per heavy atom. The van der Waals surface area contributed by atoms with Gasteiger partial charge in [-0.1, -0.05) is 18.2 Å². The molecule has 3 aromatic rings. The third-order valence-electron chi connectivity index (χ3n) is 4.25. The molecule has 1 aliphatic heterocycles. The van der Waals surface area contributed by atoms with E-state index in [4.69, 9.17) is 0 Å². The highest BCUT2D eigenvalue weighted by Gasteiger charge is 2.34. The average molecular weight is 444 g/mol. The fourth-order valence-electron chi connectivity index (χ4n) is 2.84. The third kappa shape index (κ3) is 4.75. The van der Waals surface area contributed by atoms with Gasteiger partial charge in [-0.05, 0) is 41.4 Å². The van der Waals surface area contributed by atoms with Gasteiger partial charge in [0, 0.05) is 30.8 Å². The van der Waals surface area contributed by atoms with Crippen molar-refractivity contribution in [2.24, 2.45) is 0 Å². The number of carbonyl (C=O) groups excluding carboxylic acids is 3. The van der Waals surface area contributed by atoms with Crippen LogP contribution in [0.1, 0.15) is 16.3 Å². The van der Waals surface area contributed by atoms with Crippen LogP contribution in [0, 0.1) is 0 Å². The van der Waals surface area contributed by atoms with Gasteiger partial charge in [-0.15, -0.1) is 22.7 Å². The van der Waals surface area contributed by atoms with Crippen LogP contribution < -0.4 is 5.32 Å². The van der Waals surface area contributed by atoms with Crippen LogP contribution in [-0.4, -0.2) is 40.0 Å². The quantitative estimate of drug-likeness (QED) is 0.555. The Bertz CT molecular complexity index is 1060. The molecule has 1 aliphatic rings. The second kappa shape index (κ2) is 8.89. The molecule has 2 aromatic heterocycles. The van der Waals surface area contributed by atoms with E-state index in [9.17, 15) is 14.4 Å². The minimum Gasteiger partial charge on any atom is -0.354 e. The number of amides is 3. The van der Waals surface area contributed by atoms with Crippen LogP contribution in [0.4, 0.5) is 4.79 Å².